The standard InChI is InChI=1S/C13H13BrFNO2/c1-17-12-3-2-8(6-10(12)15)7-11(16)9-4-5-18-13(9)14/h2-6,11H,7,16H2,1H3. The minimum atomic E-state index is -0.381. The maximum atomic E-state index is 13.5. The lowest BCUT2D eigenvalue weighted by atomic mass is 10.0. The third kappa shape index (κ3) is 2.73. The summed E-state index contributed by atoms with van der Waals surface area (Å²) in [7, 11) is 1.44. The van der Waals surface area contributed by atoms with Crippen molar-refractivity contribution in [3.8, 4) is 5.75 Å². The van der Waals surface area contributed by atoms with Gasteiger partial charge >= 0.3 is 0 Å². The molecule has 0 aliphatic carbocycles. The lowest BCUT2D eigenvalue weighted by Gasteiger charge is -2.11. The van der Waals surface area contributed by atoms with E-state index in [1.807, 2.05) is 0 Å². The van der Waals surface area contributed by atoms with E-state index in [4.69, 9.17) is 14.9 Å². The largest absolute Gasteiger partial charge is 0.494 e. The van der Waals surface area contributed by atoms with Gasteiger partial charge in [0, 0.05) is 11.6 Å². The van der Waals surface area contributed by atoms with Gasteiger partial charge in [0.05, 0.1) is 13.4 Å². The average molecular weight is 314 g/mol. The van der Waals surface area contributed by atoms with Gasteiger partial charge in [-0.2, -0.15) is 0 Å². The molecule has 0 aliphatic heterocycles. The summed E-state index contributed by atoms with van der Waals surface area (Å²) >= 11 is 3.28. The van der Waals surface area contributed by atoms with Crippen LogP contribution in [0.3, 0.4) is 0 Å². The van der Waals surface area contributed by atoms with Gasteiger partial charge in [-0.15, -0.1) is 0 Å². The first-order valence-corrected chi connectivity index (χ1v) is 6.22. The third-order valence-corrected chi connectivity index (χ3v) is 3.36. The Morgan fingerprint density at radius 3 is 2.78 bits per heavy atom. The van der Waals surface area contributed by atoms with Crippen molar-refractivity contribution in [2.45, 2.75) is 12.5 Å². The van der Waals surface area contributed by atoms with E-state index in [1.54, 1.807) is 24.5 Å². The Bertz CT molecular complexity index is 542. The van der Waals surface area contributed by atoms with Gasteiger partial charge in [0.1, 0.15) is 0 Å². The molecule has 1 aromatic heterocycles. The van der Waals surface area contributed by atoms with Crippen molar-refractivity contribution in [2.24, 2.45) is 5.73 Å². The second kappa shape index (κ2) is 5.54. The molecule has 0 aliphatic rings. The average Bonchev–Trinajstić information content (AvgIpc) is 2.76. The van der Waals surface area contributed by atoms with E-state index in [-0.39, 0.29) is 17.6 Å². The lowest BCUT2D eigenvalue weighted by Crippen LogP contribution is -2.13. The fraction of sp³-hybridized carbons (Fsp3) is 0.231. The summed E-state index contributed by atoms with van der Waals surface area (Å²) in [6, 6.07) is 6.39. The number of benzene rings is 1. The van der Waals surface area contributed by atoms with Crippen molar-refractivity contribution in [3.63, 3.8) is 0 Å². The van der Waals surface area contributed by atoms with Gasteiger partial charge in [0.2, 0.25) is 0 Å². The molecular formula is C13H13BrFNO2. The predicted molar refractivity (Wildman–Crippen MR) is 70.0 cm³/mol. The minimum absolute atomic E-state index is 0.233. The molecule has 2 N–H and O–H groups in total. The van der Waals surface area contributed by atoms with Crippen molar-refractivity contribution in [2.75, 3.05) is 7.11 Å². The van der Waals surface area contributed by atoms with E-state index >= 15 is 0 Å². The molecule has 0 amide bonds. The molecule has 0 saturated heterocycles. The SMILES string of the molecule is COc1ccc(CC(N)c2ccoc2Br)cc1F. The van der Waals surface area contributed by atoms with Crippen molar-refractivity contribution in [1.29, 1.82) is 0 Å². The van der Waals surface area contributed by atoms with Crippen LogP contribution in [0.15, 0.2) is 39.6 Å². The van der Waals surface area contributed by atoms with Crippen LogP contribution in [0.5, 0.6) is 5.75 Å². The van der Waals surface area contributed by atoms with Crippen molar-refractivity contribution in [1.82, 2.24) is 0 Å². The first-order chi connectivity index (χ1) is 8.61. The molecule has 0 fully saturated rings. The Kier molecular flexibility index (Phi) is 4.04. The molecule has 0 radical (unpaired) electrons. The number of ether oxygens (including phenoxy) is 1. The Balaban J connectivity index is 2.15. The van der Waals surface area contributed by atoms with Crippen LogP contribution in [0, 0.1) is 5.82 Å². The first kappa shape index (κ1) is 13.1. The van der Waals surface area contributed by atoms with Crippen LogP contribution in [-0.4, -0.2) is 7.11 Å². The zero-order chi connectivity index (χ0) is 13.1. The zero-order valence-corrected chi connectivity index (χ0v) is 11.4. The van der Waals surface area contributed by atoms with Crippen molar-refractivity contribution < 1.29 is 13.5 Å². The quantitative estimate of drug-likeness (QED) is 0.940. The van der Waals surface area contributed by atoms with Gasteiger partial charge in [-0.1, -0.05) is 6.07 Å². The molecule has 1 atom stereocenters. The summed E-state index contributed by atoms with van der Waals surface area (Å²) in [5, 5.41) is 0. The van der Waals surface area contributed by atoms with E-state index in [0.717, 1.165) is 11.1 Å². The molecule has 3 nitrogen and oxygen atoms in total. The third-order valence-electron chi connectivity index (χ3n) is 2.72. The highest BCUT2D eigenvalue weighted by Crippen LogP contribution is 2.26. The summed E-state index contributed by atoms with van der Waals surface area (Å²) in [5.41, 5.74) is 7.73. The van der Waals surface area contributed by atoms with Crippen LogP contribution >= 0.6 is 15.9 Å². The van der Waals surface area contributed by atoms with Crippen LogP contribution in [0.4, 0.5) is 4.39 Å². The molecular weight excluding hydrogens is 301 g/mol. The van der Waals surface area contributed by atoms with E-state index in [2.05, 4.69) is 15.9 Å². The highest BCUT2D eigenvalue weighted by Gasteiger charge is 2.14. The van der Waals surface area contributed by atoms with Crippen LogP contribution in [0.2, 0.25) is 0 Å². The lowest BCUT2D eigenvalue weighted by molar-refractivity contribution is 0.386. The van der Waals surface area contributed by atoms with Gasteiger partial charge in [0.15, 0.2) is 16.2 Å². The summed E-state index contributed by atoms with van der Waals surface area (Å²) in [6.45, 7) is 0. The molecule has 0 bridgehead atoms. The smallest absolute Gasteiger partial charge is 0.173 e. The van der Waals surface area contributed by atoms with Crippen LogP contribution in [0.25, 0.3) is 0 Å². The zero-order valence-electron chi connectivity index (χ0n) is 9.82. The van der Waals surface area contributed by atoms with Crippen LogP contribution < -0.4 is 10.5 Å². The van der Waals surface area contributed by atoms with Crippen molar-refractivity contribution >= 4 is 15.9 Å². The molecule has 1 aromatic carbocycles. The van der Waals surface area contributed by atoms with E-state index in [9.17, 15) is 4.39 Å². The number of rotatable bonds is 4. The monoisotopic (exact) mass is 313 g/mol. The number of hydrogen-bond acceptors (Lipinski definition) is 3. The van der Waals surface area contributed by atoms with Gasteiger partial charge in [-0.25, -0.2) is 4.39 Å². The van der Waals surface area contributed by atoms with Crippen LogP contribution in [0.1, 0.15) is 17.2 Å². The predicted octanol–water partition coefficient (Wildman–Crippen LogP) is 3.43. The van der Waals surface area contributed by atoms with E-state index < -0.39 is 0 Å². The number of furan rings is 1. The number of halogens is 2. The number of hydrogen-bond donors (Lipinski definition) is 1. The van der Waals surface area contributed by atoms with Gasteiger partial charge in [-0.3, -0.25) is 0 Å². The normalized spacial score (nSPS) is 12.4. The maximum absolute atomic E-state index is 13.5. The Labute approximate surface area is 113 Å². The highest BCUT2D eigenvalue weighted by atomic mass is 79.9. The fourth-order valence-electron chi connectivity index (χ4n) is 1.77. The molecule has 1 unspecified atom stereocenters. The molecule has 5 heteroatoms. The highest BCUT2D eigenvalue weighted by molar-refractivity contribution is 9.10. The molecule has 2 rings (SSSR count). The second-order valence-electron chi connectivity index (χ2n) is 3.93. The first-order valence-electron chi connectivity index (χ1n) is 5.42. The van der Waals surface area contributed by atoms with Gasteiger partial charge in [0.25, 0.3) is 0 Å². The van der Waals surface area contributed by atoms with Gasteiger partial charge in [-0.05, 0) is 46.1 Å². The fourth-order valence-corrected chi connectivity index (χ4v) is 2.30. The molecule has 0 saturated carbocycles. The van der Waals surface area contributed by atoms with E-state index in [1.165, 1.54) is 13.2 Å². The molecule has 96 valence electrons. The number of methoxy groups -OCH3 is 1. The molecule has 1 heterocycles. The van der Waals surface area contributed by atoms with Crippen LogP contribution in [-0.2, 0) is 6.42 Å². The molecule has 18 heavy (non-hydrogen) atoms. The Hall–Kier alpha value is -1.33. The molecule has 0 spiro atoms. The molecule has 2 aromatic rings. The summed E-state index contributed by atoms with van der Waals surface area (Å²) in [4.78, 5) is 0. The summed E-state index contributed by atoms with van der Waals surface area (Å²) in [5.74, 6) is -0.148. The van der Waals surface area contributed by atoms with Gasteiger partial charge < -0.3 is 14.9 Å². The summed E-state index contributed by atoms with van der Waals surface area (Å²) < 4.78 is 24.1. The second-order valence-corrected chi connectivity index (χ2v) is 4.65. The van der Waals surface area contributed by atoms with Crippen molar-refractivity contribution in [3.05, 3.63) is 52.1 Å². The Morgan fingerprint density at radius 1 is 1.44 bits per heavy atom. The summed E-state index contributed by atoms with van der Waals surface area (Å²) in [6.07, 6.45) is 2.09. The van der Waals surface area contributed by atoms with E-state index in [0.29, 0.717) is 11.1 Å². The maximum Gasteiger partial charge on any atom is 0.173 e. The minimum Gasteiger partial charge on any atom is -0.494 e. The topological polar surface area (TPSA) is 48.4 Å². The number of nitrogens with two attached hydrogens (primary N) is 1. The Morgan fingerprint density at radius 2 is 2.22 bits per heavy atom.